The van der Waals surface area contributed by atoms with Crippen LogP contribution in [0.4, 0.5) is 5.69 Å². The predicted octanol–water partition coefficient (Wildman–Crippen LogP) is 1.15. The van der Waals surface area contributed by atoms with E-state index in [9.17, 15) is 19.7 Å². The lowest BCUT2D eigenvalue weighted by molar-refractivity contribution is -0.385. The Balaban J connectivity index is 2.86. The summed E-state index contributed by atoms with van der Waals surface area (Å²) in [6.45, 7) is 1.07. The average molecular weight is 266 g/mol. The largest absolute Gasteiger partial charge is 0.452 e. The van der Waals surface area contributed by atoms with Crippen LogP contribution in [0.5, 0.6) is 0 Å². The third kappa shape index (κ3) is 3.51. The van der Waals surface area contributed by atoms with E-state index in [1.54, 1.807) is 0 Å². The summed E-state index contributed by atoms with van der Waals surface area (Å²) in [5, 5.41) is 10.7. The summed E-state index contributed by atoms with van der Waals surface area (Å²) in [7, 11) is 3.07. The third-order valence-electron chi connectivity index (χ3n) is 2.55. The lowest BCUT2D eigenvalue weighted by Gasteiger charge is -2.11. The zero-order valence-corrected chi connectivity index (χ0v) is 10.9. The number of amides is 1. The summed E-state index contributed by atoms with van der Waals surface area (Å²) in [4.78, 5) is 34.5. The van der Waals surface area contributed by atoms with Gasteiger partial charge in [0.2, 0.25) is 0 Å². The molecule has 0 saturated carbocycles. The van der Waals surface area contributed by atoms with Gasteiger partial charge in [-0.3, -0.25) is 14.9 Å². The van der Waals surface area contributed by atoms with Gasteiger partial charge < -0.3 is 9.64 Å². The van der Waals surface area contributed by atoms with Gasteiger partial charge in [-0.05, 0) is 13.0 Å². The van der Waals surface area contributed by atoms with Crippen LogP contribution < -0.4 is 0 Å². The minimum absolute atomic E-state index is 0.0840. The van der Waals surface area contributed by atoms with Crippen molar-refractivity contribution in [3.8, 4) is 0 Å². The molecule has 0 bridgehead atoms. The smallest absolute Gasteiger partial charge is 0.339 e. The number of rotatable bonds is 4. The van der Waals surface area contributed by atoms with Crippen LogP contribution in [0.15, 0.2) is 18.2 Å². The molecule has 0 aliphatic heterocycles. The van der Waals surface area contributed by atoms with Gasteiger partial charge in [0.05, 0.1) is 10.5 Å². The number of ether oxygens (including phenoxy) is 1. The van der Waals surface area contributed by atoms with Gasteiger partial charge in [0.15, 0.2) is 6.61 Å². The Morgan fingerprint density at radius 3 is 2.53 bits per heavy atom. The highest BCUT2D eigenvalue weighted by molar-refractivity contribution is 5.93. The van der Waals surface area contributed by atoms with Crippen LogP contribution >= 0.6 is 0 Å². The fourth-order valence-corrected chi connectivity index (χ4v) is 1.38. The summed E-state index contributed by atoms with van der Waals surface area (Å²) in [5.41, 5.74) is 0.143. The maximum Gasteiger partial charge on any atom is 0.339 e. The van der Waals surface area contributed by atoms with E-state index in [2.05, 4.69) is 0 Å². The molecular formula is C12H14N2O5. The van der Waals surface area contributed by atoms with Crippen molar-refractivity contribution in [2.45, 2.75) is 6.92 Å². The molecule has 1 amide bonds. The fraction of sp³-hybridized carbons (Fsp3) is 0.333. The molecule has 0 saturated heterocycles. The minimum atomic E-state index is -0.753. The first-order valence-corrected chi connectivity index (χ1v) is 5.46. The molecule has 0 heterocycles. The number of hydrogen-bond acceptors (Lipinski definition) is 5. The van der Waals surface area contributed by atoms with Crippen LogP contribution in [-0.2, 0) is 9.53 Å². The second-order valence-corrected chi connectivity index (χ2v) is 4.07. The number of hydrogen-bond donors (Lipinski definition) is 0. The molecule has 0 fully saturated rings. The highest BCUT2D eigenvalue weighted by Gasteiger charge is 2.19. The van der Waals surface area contributed by atoms with E-state index in [0.29, 0.717) is 0 Å². The van der Waals surface area contributed by atoms with Crippen LogP contribution in [0, 0.1) is 17.0 Å². The first-order valence-electron chi connectivity index (χ1n) is 5.46. The Bertz CT molecular complexity index is 525. The summed E-state index contributed by atoms with van der Waals surface area (Å²) in [6, 6.07) is 4.12. The summed E-state index contributed by atoms with van der Waals surface area (Å²) in [5.74, 6) is -1.12. The zero-order valence-electron chi connectivity index (χ0n) is 10.9. The molecule has 1 aromatic rings. The van der Waals surface area contributed by atoms with Crippen LogP contribution in [0.25, 0.3) is 0 Å². The Morgan fingerprint density at radius 2 is 2.00 bits per heavy atom. The monoisotopic (exact) mass is 266 g/mol. The molecule has 7 nitrogen and oxygen atoms in total. The molecule has 1 rings (SSSR count). The second kappa shape index (κ2) is 5.94. The van der Waals surface area contributed by atoms with E-state index < -0.39 is 17.5 Å². The second-order valence-electron chi connectivity index (χ2n) is 4.07. The Hall–Kier alpha value is -2.44. The molecule has 0 unspecified atom stereocenters. The maximum absolute atomic E-state index is 11.8. The molecule has 0 spiro atoms. The molecule has 102 valence electrons. The standard InChI is InChI=1S/C12H14N2O5/c1-8-9(5-4-6-10(8)14(17)18)12(16)19-7-11(15)13(2)3/h4-6H,7H2,1-3H3. The van der Waals surface area contributed by atoms with Gasteiger partial charge in [0.25, 0.3) is 11.6 Å². The number of nitro benzene ring substituents is 1. The molecular weight excluding hydrogens is 252 g/mol. The third-order valence-corrected chi connectivity index (χ3v) is 2.55. The fourth-order valence-electron chi connectivity index (χ4n) is 1.38. The van der Waals surface area contributed by atoms with E-state index in [1.807, 2.05) is 0 Å². The first kappa shape index (κ1) is 14.6. The molecule has 7 heteroatoms. The molecule has 1 aromatic carbocycles. The number of benzene rings is 1. The van der Waals surface area contributed by atoms with Gasteiger partial charge in [-0.15, -0.1) is 0 Å². The normalized spacial score (nSPS) is 9.84. The molecule has 0 N–H and O–H groups in total. The number of carbonyl (C=O) groups is 2. The van der Waals surface area contributed by atoms with E-state index in [-0.39, 0.29) is 22.7 Å². The first-order chi connectivity index (χ1) is 8.84. The van der Waals surface area contributed by atoms with Crippen molar-refractivity contribution in [2.75, 3.05) is 20.7 Å². The number of likely N-dealkylation sites (N-methyl/N-ethyl adjacent to an activating group) is 1. The Labute approximate surface area is 109 Å². The highest BCUT2D eigenvalue weighted by atomic mass is 16.6. The van der Waals surface area contributed by atoms with Gasteiger partial charge >= 0.3 is 5.97 Å². The van der Waals surface area contributed by atoms with Gasteiger partial charge in [-0.2, -0.15) is 0 Å². The summed E-state index contributed by atoms with van der Waals surface area (Å²) < 4.78 is 4.81. The van der Waals surface area contributed by atoms with Crippen LogP contribution in [0.3, 0.4) is 0 Å². The van der Waals surface area contributed by atoms with E-state index in [4.69, 9.17) is 4.74 Å². The molecule has 0 atom stereocenters. The Kier molecular flexibility index (Phi) is 4.57. The predicted molar refractivity (Wildman–Crippen MR) is 66.8 cm³/mol. The van der Waals surface area contributed by atoms with Crippen molar-refractivity contribution >= 4 is 17.6 Å². The summed E-state index contributed by atoms with van der Waals surface area (Å²) in [6.07, 6.45) is 0. The molecule has 19 heavy (non-hydrogen) atoms. The van der Waals surface area contributed by atoms with Crippen molar-refractivity contribution in [2.24, 2.45) is 0 Å². The van der Waals surface area contributed by atoms with Crippen LogP contribution in [0.2, 0.25) is 0 Å². The van der Waals surface area contributed by atoms with Crippen LogP contribution in [-0.4, -0.2) is 42.4 Å². The van der Waals surface area contributed by atoms with E-state index >= 15 is 0 Å². The topological polar surface area (TPSA) is 89.8 Å². The van der Waals surface area contributed by atoms with Gasteiger partial charge in [-0.25, -0.2) is 4.79 Å². The molecule has 0 aliphatic rings. The Morgan fingerprint density at radius 1 is 1.37 bits per heavy atom. The van der Waals surface area contributed by atoms with Crippen molar-refractivity contribution < 1.29 is 19.2 Å². The van der Waals surface area contributed by atoms with Crippen molar-refractivity contribution in [1.29, 1.82) is 0 Å². The molecule has 0 aliphatic carbocycles. The zero-order chi connectivity index (χ0) is 14.6. The maximum atomic E-state index is 11.8. The number of nitro groups is 1. The molecule has 0 radical (unpaired) electrons. The lowest BCUT2D eigenvalue weighted by Crippen LogP contribution is -2.27. The van der Waals surface area contributed by atoms with E-state index in [0.717, 1.165) is 0 Å². The van der Waals surface area contributed by atoms with E-state index in [1.165, 1.54) is 44.1 Å². The highest BCUT2D eigenvalue weighted by Crippen LogP contribution is 2.21. The number of nitrogens with zero attached hydrogens (tertiary/aromatic N) is 2. The minimum Gasteiger partial charge on any atom is -0.452 e. The SMILES string of the molecule is Cc1c(C(=O)OCC(=O)N(C)C)cccc1[N+](=O)[O-]. The quantitative estimate of drug-likeness (QED) is 0.463. The van der Waals surface area contributed by atoms with Gasteiger partial charge in [0, 0.05) is 25.7 Å². The number of esters is 1. The molecule has 0 aromatic heterocycles. The van der Waals surface area contributed by atoms with Crippen molar-refractivity contribution in [3.63, 3.8) is 0 Å². The van der Waals surface area contributed by atoms with Crippen LogP contribution in [0.1, 0.15) is 15.9 Å². The van der Waals surface area contributed by atoms with Crippen molar-refractivity contribution in [3.05, 3.63) is 39.4 Å². The number of carbonyl (C=O) groups excluding carboxylic acids is 2. The van der Waals surface area contributed by atoms with Crippen molar-refractivity contribution in [1.82, 2.24) is 4.90 Å². The average Bonchev–Trinajstić information content (AvgIpc) is 2.35. The van der Waals surface area contributed by atoms with Gasteiger partial charge in [-0.1, -0.05) is 6.07 Å². The van der Waals surface area contributed by atoms with Gasteiger partial charge in [0.1, 0.15) is 0 Å². The lowest BCUT2D eigenvalue weighted by atomic mass is 10.1. The summed E-state index contributed by atoms with van der Waals surface area (Å²) >= 11 is 0.